The first-order valence-electron chi connectivity index (χ1n) is 4.40. The van der Waals surface area contributed by atoms with Crippen molar-refractivity contribution in [3.8, 4) is 0 Å². The van der Waals surface area contributed by atoms with Crippen LogP contribution in [0.15, 0.2) is 12.1 Å². The lowest BCUT2D eigenvalue weighted by Crippen LogP contribution is -2.09. The Kier molecular flexibility index (Phi) is 3.04. The number of carbonyl (C=O) groups is 2. The van der Waals surface area contributed by atoms with Gasteiger partial charge in [-0.1, -0.05) is 13.8 Å². The van der Waals surface area contributed by atoms with Crippen molar-refractivity contribution in [1.82, 2.24) is 4.98 Å². The van der Waals surface area contributed by atoms with Gasteiger partial charge < -0.3 is 10.2 Å². The molecular weight excluding hydrogens is 198 g/mol. The van der Waals surface area contributed by atoms with Crippen molar-refractivity contribution in [3.05, 3.63) is 29.1 Å². The van der Waals surface area contributed by atoms with E-state index in [4.69, 9.17) is 10.2 Å². The molecule has 0 spiro atoms. The SMILES string of the molecule is CC(C)c1cc(C(=O)O)nc(C(=O)O)c1. The summed E-state index contributed by atoms with van der Waals surface area (Å²) in [7, 11) is 0. The van der Waals surface area contributed by atoms with Crippen LogP contribution in [0.25, 0.3) is 0 Å². The zero-order valence-electron chi connectivity index (χ0n) is 8.39. The fraction of sp³-hybridized carbons (Fsp3) is 0.300. The van der Waals surface area contributed by atoms with Crippen molar-refractivity contribution in [3.63, 3.8) is 0 Å². The van der Waals surface area contributed by atoms with Crippen LogP contribution in [0.2, 0.25) is 0 Å². The van der Waals surface area contributed by atoms with Gasteiger partial charge in [0, 0.05) is 0 Å². The average molecular weight is 209 g/mol. The van der Waals surface area contributed by atoms with E-state index in [1.165, 1.54) is 12.1 Å². The minimum absolute atomic E-state index is 0.0594. The summed E-state index contributed by atoms with van der Waals surface area (Å²) in [5, 5.41) is 17.5. The highest BCUT2D eigenvalue weighted by molar-refractivity contribution is 5.90. The van der Waals surface area contributed by atoms with Gasteiger partial charge >= 0.3 is 11.9 Å². The molecule has 0 aliphatic heterocycles. The summed E-state index contributed by atoms with van der Waals surface area (Å²) >= 11 is 0. The Bertz CT molecular complexity index is 380. The molecule has 0 fully saturated rings. The summed E-state index contributed by atoms with van der Waals surface area (Å²) in [4.78, 5) is 24.9. The van der Waals surface area contributed by atoms with Gasteiger partial charge in [-0.05, 0) is 23.6 Å². The van der Waals surface area contributed by atoms with E-state index in [9.17, 15) is 9.59 Å². The highest BCUT2D eigenvalue weighted by Gasteiger charge is 2.14. The molecule has 5 nitrogen and oxygen atoms in total. The third kappa shape index (κ3) is 2.52. The standard InChI is InChI=1S/C10H11NO4/c1-5(2)6-3-7(9(12)13)11-8(4-6)10(14)15/h3-5H,1-2H3,(H,12,13)(H,14,15). The zero-order valence-corrected chi connectivity index (χ0v) is 8.39. The van der Waals surface area contributed by atoms with E-state index < -0.39 is 11.9 Å². The second kappa shape index (κ2) is 4.08. The molecule has 1 heterocycles. The molecule has 0 bridgehead atoms. The van der Waals surface area contributed by atoms with Gasteiger partial charge in [0.25, 0.3) is 0 Å². The maximum absolute atomic E-state index is 10.7. The van der Waals surface area contributed by atoms with Crippen LogP contribution in [0.1, 0.15) is 46.3 Å². The Morgan fingerprint density at radius 1 is 1.13 bits per heavy atom. The van der Waals surface area contributed by atoms with Crippen LogP contribution in [0.5, 0.6) is 0 Å². The Balaban J connectivity index is 3.32. The quantitative estimate of drug-likeness (QED) is 0.789. The fourth-order valence-electron chi connectivity index (χ4n) is 1.10. The first-order valence-corrected chi connectivity index (χ1v) is 4.40. The van der Waals surface area contributed by atoms with Crippen LogP contribution >= 0.6 is 0 Å². The van der Waals surface area contributed by atoms with Crippen molar-refractivity contribution in [2.45, 2.75) is 19.8 Å². The first-order chi connectivity index (χ1) is 6.91. The average Bonchev–Trinajstić information content (AvgIpc) is 2.16. The molecule has 0 aromatic carbocycles. The molecule has 1 aromatic heterocycles. The Morgan fingerprint density at radius 3 is 1.80 bits per heavy atom. The van der Waals surface area contributed by atoms with Crippen molar-refractivity contribution < 1.29 is 19.8 Å². The Morgan fingerprint density at radius 2 is 1.53 bits per heavy atom. The summed E-state index contributed by atoms with van der Waals surface area (Å²) in [6.45, 7) is 3.71. The van der Waals surface area contributed by atoms with Crippen LogP contribution in [0.3, 0.4) is 0 Å². The number of carboxylic acid groups (broad SMARTS) is 2. The van der Waals surface area contributed by atoms with Gasteiger partial charge in [-0.2, -0.15) is 0 Å². The van der Waals surface area contributed by atoms with E-state index >= 15 is 0 Å². The number of carboxylic acids is 2. The van der Waals surface area contributed by atoms with E-state index in [1.807, 2.05) is 13.8 Å². The molecule has 1 rings (SSSR count). The molecule has 0 amide bonds. The maximum Gasteiger partial charge on any atom is 0.354 e. The molecular formula is C10H11NO4. The number of rotatable bonds is 3. The third-order valence-electron chi connectivity index (χ3n) is 1.95. The molecule has 80 valence electrons. The summed E-state index contributed by atoms with van der Waals surface area (Å²) in [5.74, 6) is -2.38. The highest BCUT2D eigenvalue weighted by atomic mass is 16.4. The molecule has 0 unspecified atom stereocenters. The number of nitrogens with zero attached hydrogens (tertiary/aromatic N) is 1. The largest absolute Gasteiger partial charge is 0.477 e. The predicted molar refractivity (Wildman–Crippen MR) is 52.2 cm³/mol. The lowest BCUT2D eigenvalue weighted by molar-refractivity contribution is 0.0685. The smallest absolute Gasteiger partial charge is 0.354 e. The lowest BCUT2D eigenvalue weighted by atomic mass is 10.0. The molecule has 0 radical (unpaired) electrons. The summed E-state index contributed by atoms with van der Waals surface area (Å²) in [5.41, 5.74) is 0.178. The monoisotopic (exact) mass is 209 g/mol. The van der Waals surface area contributed by atoms with Gasteiger partial charge in [0.15, 0.2) is 0 Å². The zero-order chi connectivity index (χ0) is 11.6. The van der Waals surface area contributed by atoms with E-state index in [2.05, 4.69) is 4.98 Å². The number of pyridine rings is 1. The second-order valence-corrected chi connectivity index (χ2v) is 3.44. The van der Waals surface area contributed by atoms with Crippen LogP contribution in [0.4, 0.5) is 0 Å². The van der Waals surface area contributed by atoms with E-state index in [0.29, 0.717) is 5.56 Å². The van der Waals surface area contributed by atoms with Crippen LogP contribution in [-0.4, -0.2) is 27.1 Å². The fourth-order valence-corrected chi connectivity index (χ4v) is 1.10. The molecule has 0 saturated heterocycles. The van der Waals surface area contributed by atoms with E-state index in [0.717, 1.165) is 0 Å². The molecule has 2 N–H and O–H groups in total. The van der Waals surface area contributed by atoms with Crippen LogP contribution in [-0.2, 0) is 0 Å². The summed E-state index contributed by atoms with van der Waals surface area (Å²) in [6.07, 6.45) is 0. The topological polar surface area (TPSA) is 87.5 Å². The predicted octanol–water partition coefficient (Wildman–Crippen LogP) is 1.60. The van der Waals surface area contributed by atoms with Gasteiger partial charge in [0.2, 0.25) is 0 Å². The van der Waals surface area contributed by atoms with Gasteiger partial charge in [0.05, 0.1) is 0 Å². The second-order valence-electron chi connectivity index (χ2n) is 3.44. The molecule has 5 heteroatoms. The van der Waals surface area contributed by atoms with Crippen LogP contribution < -0.4 is 0 Å². The Hall–Kier alpha value is -1.91. The van der Waals surface area contributed by atoms with Gasteiger partial charge in [-0.15, -0.1) is 0 Å². The first kappa shape index (κ1) is 11.2. The number of aromatic carboxylic acids is 2. The van der Waals surface area contributed by atoms with Crippen molar-refractivity contribution in [2.75, 3.05) is 0 Å². The maximum atomic E-state index is 10.7. The molecule has 15 heavy (non-hydrogen) atoms. The number of aromatic nitrogens is 1. The molecule has 0 aliphatic carbocycles. The van der Waals surface area contributed by atoms with Crippen LogP contribution in [0, 0.1) is 0 Å². The summed E-state index contributed by atoms with van der Waals surface area (Å²) < 4.78 is 0. The van der Waals surface area contributed by atoms with Crippen molar-refractivity contribution in [2.24, 2.45) is 0 Å². The molecule has 0 atom stereocenters. The van der Waals surface area contributed by atoms with Gasteiger partial charge in [-0.25, -0.2) is 14.6 Å². The van der Waals surface area contributed by atoms with Crippen molar-refractivity contribution in [1.29, 1.82) is 0 Å². The molecule has 1 aromatic rings. The van der Waals surface area contributed by atoms with Crippen molar-refractivity contribution >= 4 is 11.9 Å². The molecule has 0 saturated carbocycles. The minimum atomic E-state index is -1.22. The molecule has 0 aliphatic rings. The minimum Gasteiger partial charge on any atom is -0.477 e. The lowest BCUT2D eigenvalue weighted by Gasteiger charge is -2.07. The Labute approximate surface area is 86.4 Å². The van der Waals surface area contributed by atoms with E-state index in [1.54, 1.807) is 0 Å². The number of hydrogen-bond acceptors (Lipinski definition) is 3. The normalized spacial score (nSPS) is 10.3. The van der Waals surface area contributed by atoms with E-state index in [-0.39, 0.29) is 17.3 Å². The summed E-state index contributed by atoms with van der Waals surface area (Å²) in [6, 6.07) is 2.78. The van der Waals surface area contributed by atoms with Gasteiger partial charge in [-0.3, -0.25) is 0 Å². The van der Waals surface area contributed by atoms with Gasteiger partial charge in [0.1, 0.15) is 11.4 Å². The number of hydrogen-bond donors (Lipinski definition) is 2. The highest BCUT2D eigenvalue weighted by Crippen LogP contribution is 2.16. The third-order valence-corrected chi connectivity index (χ3v) is 1.95.